The number of thioether (sulfide) groups is 1. The highest BCUT2D eigenvalue weighted by Gasteiger charge is 2.41. The van der Waals surface area contributed by atoms with Gasteiger partial charge in [-0.15, -0.1) is 0 Å². The van der Waals surface area contributed by atoms with Gasteiger partial charge in [0.05, 0.1) is 0 Å². The molecule has 0 radical (unpaired) electrons. The minimum atomic E-state index is -0.0437. The standard InChI is InChI=1S/C8H16N2OS/c1-3-9-7(11)10-6-8(12-2)4-5-8/h3-6H2,1-2H3,(H2,9,10,11). The summed E-state index contributed by atoms with van der Waals surface area (Å²) in [6.45, 7) is 3.42. The Morgan fingerprint density at radius 1 is 1.50 bits per heavy atom. The predicted molar refractivity (Wildman–Crippen MR) is 52.6 cm³/mol. The van der Waals surface area contributed by atoms with Crippen LogP contribution in [0.2, 0.25) is 0 Å². The largest absolute Gasteiger partial charge is 0.338 e. The van der Waals surface area contributed by atoms with E-state index in [4.69, 9.17) is 0 Å². The van der Waals surface area contributed by atoms with Gasteiger partial charge in [0.15, 0.2) is 0 Å². The molecule has 1 fully saturated rings. The molecule has 2 N–H and O–H groups in total. The zero-order valence-corrected chi connectivity index (χ0v) is 8.46. The summed E-state index contributed by atoms with van der Waals surface area (Å²) in [4.78, 5) is 11.0. The van der Waals surface area contributed by atoms with E-state index in [9.17, 15) is 4.79 Å². The summed E-state index contributed by atoms with van der Waals surface area (Å²) < 4.78 is 0.366. The van der Waals surface area contributed by atoms with Crippen LogP contribution in [-0.2, 0) is 0 Å². The first-order valence-electron chi connectivity index (χ1n) is 4.29. The third kappa shape index (κ3) is 2.59. The molecule has 1 saturated carbocycles. The molecule has 70 valence electrons. The molecule has 0 aliphatic heterocycles. The van der Waals surface area contributed by atoms with E-state index in [0.717, 1.165) is 6.54 Å². The summed E-state index contributed by atoms with van der Waals surface area (Å²) in [6.07, 6.45) is 4.58. The lowest BCUT2D eigenvalue weighted by Gasteiger charge is -2.12. The highest BCUT2D eigenvalue weighted by Crippen LogP contribution is 2.46. The van der Waals surface area contributed by atoms with Gasteiger partial charge in [0.25, 0.3) is 0 Å². The average molecular weight is 188 g/mol. The van der Waals surface area contributed by atoms with Gasteiger partial charge in [-0.2, -0.15) is 11.8 Å². The Hall–Kier alpha value is -0.380. The molecular weight excluding hydrogens is 172 g/mol. The first-order valence-corrected chi connectivity index (χ1v) is 5.52. The number of carbonyl (C=O) groups excluding carboxylic acids is 1. The summed E-state index contributed by atoms with van der Waals surface area (Å²) in [5.74, 6) is 0. The quantitative estimate of drug-likeness (QED) is 0.696. The molecule has 0 unspecified atom stereocenters. The molecule has 12 heavy (non-hydrogen) atoms. The molecule has 1 aliphatic rings. The molecule has 2 amide bonds. The van der Waals surface area contributed by atoms with Crippen molar-refractivity contribution in [3.8, 4) is 0 Å². The van der Waals surface area contributed by atoms with Crippen molar-refractivity contribution < 1.29 is 4.79 Å². The van der Waals surface area contributed by atoms with Crippen LogP contribution in [0.1, 0.15) is 19.8 Å². The van der Waals surface area contributed by atoms with Crippen molar-refractivity contribution >= 4 is 17.8 Å². The van der Waals surface area contributed by atoms with Crippen LogP contribution in [0.3, 0.4) is 0 Å². The summed E-state index contributed by atoms with van der Waals surface area (Å²) in [6, 6.07) is -0.0437. The molecule has 0 saturated heterocycles. The Balaban J connectivity index is 2.12. The van der Waals surface area contributed by atoms with Crippen LogP contribution < -0.4 is 10.6 Å². The Kier molecular flexibility index (Phi) is 3.26. The molecule has 0 aromatic rings. The number of hydrogen-bond acceptors (Lipinski definition) is 2. The van der Waals surface area contributed by atoms with E-state index in [0.29, 0.717) is 11.3 Å². The number of urea groups is 1. The molecular formula is C8H16N2OS. The molecule has 0 aromatic carbocycles. The van der Waals surface area contributed by atoms with Crippen LogP contribution >= 0.6 is 11.8 Å². The highest BCUT2D eigenvalue weighted by atomic mass is 32.2. The number of nitrogens with one attached hydrogen (secondary N) is 2. The third-order valence-corrected chi connectivity index (χ3v) is 3.57. The van der Waals surface area contributed by atoms with Crippen molar-refractivity contribution in [2.75, 3.05) is 19.3 Å². The fourth-order valence-electron chi connectivity index (χ4n) is 1.06. The fraction of sp³-hybridized carbons (Fsp3) is 0.875. The molecule has 1 rings (SSSR count). The normalized spacial score (nSPS) is 18.5. The topological polar surface area (TPSA) is 41.1 Å². The Bertz CT molecular complexity index is 168. The van der Waals surface area contributed by atoms with Crippen molar-refractivity contribution in [1.29, 1.82) is 0 Å². The van der Waals surface area contributed by atoms with Gasteiger partial charge in [0.1, 0.15) is 0 Å². The highest BCUT2D eigenvalue weighted by molar-refractivity contribution is 8.00. The van der Waals surface area contributed by atoms with Crippen molar-refractivity contribution in [3.63, 3.8) is 0 Å². The Morgan fingerprint density at radius 2 is 2.17 bits per heavy atom. The van der Waals surface area contributed by atoms with Gasteiger partial charge >= 0.3 is 6.03 Å². The molecule has 0 aromatic heterocycles. The fourth-order valence-corrected chi connectivity index (χ4v) is 1.78. The second-order valence-corrected chi connectivity index (χ2v) is 4.37. The second kappa shape index (κ2) is 4.03. The van der Waals surface area contributed by atoms with Gasteiger partial charge in [-0.3, -0.25) is 0 Å². The van der Waals surface area contributed by atoms with E-state index >= 15 is 0 Å². The Morgan fingerprint density at radius 3 is 2.58 bits per heavy atom. The van der Waals surface area contributed by atoms with Gasteiger partial charge < -0.3 is 10.6 Å². The predicted octanol–water partition coefficient (Wildman–Crippen LogP) is 1.20. The number of carbonyl (C=O) groups is 1. The molecule has 3 nitrogen and oxygen atoms in total. The van der Waals surface area contributed by atoms with Gasteiger partial charge in [0, 0.05) is 17.8 Å². The van der Waals surface area contributed by atoms with Gasteiger partial charge in [0.2, 0.25) is 0 Å². The maximum Gasteiger partial charge on any atom is 0.314 e. The zero-order valence-electron chi connectivity index (χ0n) is 7.64. The number of amides is 2. The third-order valence-electron chi connectivity index (χ3n) is 2.15. The summed E-state index contributed by atoms with van der Waals surface area (Å²) >= 11 is 1.86. The lowest BCUT2D eigenvalue weighted by atomic mass is 10.4. The van der Waals surface area contributed by atoms with E-state index in [-0.39, 0.29) is 6.03 Å². The SMILES string of the molecule is CCNC(=O)NCC1(SC)CC1. The lowest BCUT2D eigenvalue weighted by molar-refractivity contribution is 0.241. The van der Waals surface area contributed by atoms with E-state index < -0.39 is 0 Å². The molecule has 0 spiro atoms. The summed E-state index contributed by atoms with van der Waals surface area (Å²) in [7, 11) is 0. The molecule has 0 atom stereocenters. The van der Waals surface area contributed by atoms with Crippen LogP contribution in [0.4, 0.5) is 4.79 Å². The summed E-state index contributed by atoms with van der Waals surface area (Å²) in [5.41, 5.74) is 0. The minimum absolute atomic E-state index is 0.0437. The van der Waals surface area contributed by atoms with Crippen molar-refractivity contribution in [2.45, 2.75) is 24.5 Å². The van der Waals surface area contributed by atoms with E-state index in [1.54, 1.807) is 0 Å². The van der Waals surface area contributed by atoms with Gasteiger partial charge in [-0.25, -0.2) is 4.79 Å². The van der Waals surface area contributed by atoms with E-state index in [1.807, 2.05) is 18.7 Å². The average Bonchev–Trinajstić information content (AvgIpc) is 2.82. The first kappa shape index (κ1) is 9.71. The number of rotatable bonds is 4. The molecule has 4 heteroatoms. The molecule has 1 aliphatic carbocycles. The van der Waals surface area contributed by atoms with E-state index in [1.165, 1.54) is 12.8 Å². The molecule has 0 heterocycles. The second-order valence-electron chi connectivity index (χ2n) is 3.10. The lowest BCUT2D eigenvalue weighted by Crippen LogP contribution is -2.39. The van der Waals surface area contributed by atoms with Crippen LogP contribution in [0, 0.1) is 0 Å². The van der Waals surface area contributed by atoms with Crippen LogP contribution in [0.25, 0.3) is 0 Å². The van der Waals surface area contributed by atoms with Crippen LogP contribution in [0.5, 0.6) is 0 Å². The van der Waals surface area contributed by atoms with Crippen LogP contribution in [0.15, 0.2) is 0 Å². The number of hydrogen-bond donors (Lipinski definition) is 2. The minimum Gasteiger partial charge on any atom is -0.338 e. The first-order chi connectivity index (χ1) is 5.72. The van der Waals surface area contributed by atoms with Gasteiger partial charge in [-0.05, 0) is 26.0 Å². The van der Waals surface area contributed by atoms with Crippen molar-refractivity contribution in [3.05, 3.63) is 0 Å². The Labute approximate surface area is 77.7 Å². The monoisotopic (exact) mass is 188 g/mol. The van der Waals surface area contributed by atoms with Crippen molar-refractivity contribution in [1.82, 2.24) is 10.6 Å². The summed E-state index contributed by atoms with van der Waals surface area (Å²) in [5, 5.41) is 5.58. The molecule has 0 bridgehead atoms. The maximum atomic E-state index is 11.0. The van der Waals surface area contributed by atoms with E-state index in [2.05, 4.69) is 16.9 Å². The van der Waals surface area contributed by atoms with Crippen LogP contribution in [-0.4, -0.2) is 30.1 Å². The maximum absolute atomic E-state index is 11.0. The van der Waals surface area contributed by atoms with Gasteiger partial charge in [-0.1, -0.05) is 0 Å². The smallest absolute Gasteiger partial charge is 0.314 e. The zero-order chi connectivity index (χ0) is 9.03. The van der Waals surface area contributed by atoms with Crippen molar-refractivity contribution in [2.24, 2.45) is 0 Å².